The van der Waals surface area contributed by atoms with E-state index in [2.05, 4.69) is 5.32 Å². The van der Waals surface area contributed by atoms with E-state index in [-0.39, 0.29) is 11.7 Å². The molecule has 1 aromatic rings. The maximum absolute atomic E-state index is 13.5. The maximum Gasteiger partial charge on any atom is 0.229 e. The Morgan fingerprint density at radius 1 is 1.47 bits per heavy atom. The molecular weight excluding hydrogens is 219 g/mol. The van der Waals surface area contributed by atoms with Crippen LogP contribution in [0.2, 0.25) is 0 Å². The Kier molecular flexibility index (Phi) is 5.10. The van der Waals surface area contributed by atoms with Gasteiger partial charge in [-0.3, -0.25) is 4.79 Å². The molecule has 4 heteroatoms. The van der Waals surface area contributed by atoms with E-state index in [1.165, 1.54) is 6.07 Å². The number of halogens is 1. The van der Waals surface area contributed by atoms with Gasteiger partial charge in [-0.1, -0.05) is 18.2 Å². The molecule has 0 saturated carbocycles. The Morgan fingerprint density at radius 2 is 2.12 bits per heavy atom. The molecule has 0 aromatic heterocycles. The standard InChI is InChI=1S/C13H19FN2O/c1-10(11-6-4-5-7-12(11)14)13(17)16(3)9-8-15-2/h4-7,10,15H,8-9H2,1-3H3. The van der Waals surface area contributed by atoms with Crippen LogP contribution in [0.15, 0.2) is 24.3 Å². The van der Waals surface area contributed by atoms with Gasteiger partial charge >= 0.3 is 0 Å². The summed E-state index contributed by atoms with van der Waals surface area (Å²) >= 11 is 0. The molecule has 3 nitrogen and oxygen atoms in total. The summed E-state index contributed by atoms with van der Waals surface area (Å²) in [5.41, 5.74) is 0.453. The van der Waals surface area contributed by atoms with E-state index in [0.717, 1.165) is 6.54 Å². The van der Waals surface area contributed by atoms with Crippen molar-refractivity contribution in [2.75, 3.05) is 27.2 Å². The summed E-state index contributed by atoms with van der Waals surface area (Å²) in [4.78, 5) is 13.7. The average Bonchev–Trinajstić information content (AvgIpc) is 2.34. The molecule has 0 saturated heterocycles. The van der Waals surface area contributed by atoms with Crippen molar-refractivity contribution in [3.05, 3.63) is 35.6 Å². The van der Waals surface area contributed by atoms with Crippen LogP contribution in [0.3, 0.4) is 0 Å². The molecule has 1 aromatic carbocycles. The summed E-state index contributed by atoms with van der Waals surface area (Å²) in [6.07, 6.45) is 0. The van der Waals surface area contributed by atoms with Gasteiger partial charge < -0.3 is 10.2 Å². The minimum absolute atomic E-state index is 0.0645. The zero-order valence-corrected chi connectivity index (χ0v) is 10.5. The predicted molar refractivity (Wildman–Crippen MR) is 66.4 cm³/mol. The Balaban J connectivity index is 2.73. The first kappa shape index (κ1) is 13.6. The van der Waals surface area contributed by atoms with Gasteiger partial charge in [0, 0.05) is 20.1 Å². The van der Waals surface area contributed by atoms with E-state index in [1.54, 1.807) is 37.1 Å². The second-order valence-electron chi connectivity index (χ2n) is 4.11. The molecule has 0 aliphatic carbocycles. The fraction of sp³-hybridized carbons (Fsp3) is 0.462. The van der Waals surface area contributed by atoms with Crippen LogP contribution in [0.1, 0.15) is 18.4 Å². The summed E-state index contributed by atoms with van der Waals surface area (Å²) in [7, 11) is 3.57. The zero-order chi connectivity index (χ0) is 12.8. The number of hydrogen-bond acceptors (Lipinski definition) is 2. The Hall–Kier alpha value is -1.42. The third-order valence-electron chi connectivity index (χ3n) is 2.82. The molecule has 17 heavy (non-hydrogen) atoms. The van der Waals surface area contributed by atoms with Crippen molar-refractivity contribution in [1.29, 1.82) is 0 Å². The number of hydrogen-bond donors (Lipinski definition) is 1. The van der Waals surface area contributed by atoms with Crippen LogP contribution in [0.5, 0.6) is 0 Å². The van der Waals surface area contributed by atoms with Crippen molar-refractivity contribution in [2.45, 2.75) is 12.8 Å². The lowest BCUT2D eigenvalue weighted by atomic mass is 9.99. The van der Waals surface area contributed by atoms with E-state index >= 15 is 0 Å². The Morgan fingerprint density at radius 3 is 2.71 bits per heavy atom. The number of carbonyl (C=O) groups excluding carboxylic acids is 1. The zero-order valence-electron chi connectivity index (χ0n) is 10.5. The summed E-state index contributed by atoms with van der Waals surface area (Å²) in [6, 6.07) is 6.41. The summed E-state index contributed by atoms with van der Waals surface area (Å²) in [5, 5.41) is 2.98. The molecule has 1 atom stereocenters. The average molecular weight is 238 g/mol. The first-order valence-electron chi connectivity index (χ1n) is 5.72. The van der Waals surface area contributed by atoms with Crippen molar-refractivity contribution in [3.63, 3.8) is 0 Å². The minimum atomic E-state index is -0.446. The highest BCUT2D eigenvalue weighted by atomic mass is 19.1. The van der Waals surface area contributed by atoms with Gasteiger partial charge in [0.05, 0.1) is 5.92 Å². The number of carbonyl (C=O) groups is 1. The first-order chi connectivity index (χ1) is 8.07. The molecular formula is C13H19FN2O. The third-order valence-corrected chi connectivity index (χ3v) is 2.82. The van der Waals surface area contributed by atoms with E-state index in [4.69, 9.17) is 0 Å². The number of rotatable bonds is 5. The normalized spacial score (nSPS) is 12.2. The Bertz CT molecular complexity index is 381. The number of likely N-dealkylation sites (N-methyl/N-ethyl adjacent to an activating group) is 2. The lowest BCUT2D eigenvalue weighted by molar-refractivity contribution is -0.131. The summed E-state index contributed by atoms with van der Waals surface area (Å²) < 4.78 is 13.5. The van der Waals surface area contributed by atoms with E-state index in [9.17, 15) is 9.18 Å². The third kappa shape index (κ3) is 3.53. The molecule has 1 unspecified atom stereocenters. The van der Waals surface area contributed by atoms with Crippen LogP contribution < -0.4 is 5.32 Å². The van der Waals surface area contributed by atoms with Gasteiger partial charge in [0.1, 0.15) is 5.82 Å². The van der Waals surface area contributed by atoms with Gasteiger partial charge in [-0.25, -0.2) is 4.39 Å². The van der Waals surface area contributed by atoms with Gasteiger partial charge in [0.2, 0.25) is 5.91 Å². The number of nitrogens with one attached hydrogen (secondary N) is 1. The molecule has 1 N–H and O–H groups in total. The van der Waals surface area contributed by atoms with Crippen molar-refractivity contribution in [3.8, 4) is 0 Å². The number of benzene rings is 1. The minimum Gasteiger partial charge on any atom is -0.344 e. The fourth-order valence-electron chi connectivity index (χ4n) is 1.68. The van der Waals surface area contributed by atoms with E-state index in [1.807, 2.05) is 7.05 Å². The van der Waals surface area contributed by atoms with Gasteiger partial charge in [0.15, 0.2) is 0 Å². The van der Waals surface area contributed by atoms with Gasteiger partial charge in [-0.15, -0.1) is 0 Å². The number of nitrogens with zero attached hydrogens (tertiary/aromatic N) is 1. The molecule has 0 aliphatic heterocycles. The van der Waals surface area contributed by atoms with E-state index < -0.39 is 5.92 Å². The molecule has 0 fully saturated rings. The first-order valence-corrected chi connectivity index (χ1v) is 5.72. The SMILES string of the molecule is CNCCN(C)C(=O)C(C)c1ccccc1F. The summed E-state index contributed by atoms with van der Waals surface area (Å²) in [5.74, 6) is -0.834. The van der Waals surface area contributed by atoms with Crippen LogP contribution in [-0.4, -0.2) is 38.0 Å². The highest BCUT2D eigenvalue weighted by molar-refractivity contribution is 5.83. The molecule has 0 spiro atoms. The van der Waals surface area contributed by atoms with Crippen molar-refractivity contribution >= 4 is 5.91 Å². The number of amides is 1. The van der Waals surface area contributed by atoms with Gasteiger partial charge in [-0.2, -0.15) is 0 Å². The van der Waals surface area contributed by atoms with Gasteiger partial charge in [0.25, 0.3) is 0 Å². The smallest absolute Gasteiger partial charge is 0.229 e. The highest BCUT2D eigenvalue weighted by Crippen LogP contribution is 2.20. The van der Waals surface area contributed by atoms with Gasteiger partial charge in [-0.05, 0) is 25.6 Å². The summed E-state index contributed by atoms with van der Waals surface area (Å²) in [6.45, 7) is 3.08. The van der Waals surface area contributed by atoms with Crippen LogP contribution in [-0.2, 0) is 4.79 Å². The largest absolute Gasteiger partial charge is 0.344 e. The molecule has 0 aliphatic rings. The van der Waals surface area contributed by atoms with Crippen LogP contribution in [0.25, 0.3) is 0 Å². The Labute approximate surface area is 102 Å². The van der Waals surface area contributed by atoms with Crippen molar-refractivity contribution in [1.82, 2.24) is 10.2 Å². The second-order valence-corrected chi connectivity index (χ2v) is 4.11. The van der Waals surface area contributed by atoms with Crippen molar-refractivity contribution in [2.24, 2.45) is 0 Å². The molecule has 0 heterocycles. The lowest BCUT2D eigenvalue weighted by Crippen LogP contribution is -2.35. The second kappa shape index (κ2) is 6.35. The van der Waals surface area contributed by atoms with Crippen molar-refractivity contribution < 1.29 is 9.18 Å². The molecule has 1 rings (SSSR count). The topological polar surface area (TPSA) is 32.3 Å². The lowest BCUT2D eigenvalue weighted by Gasteiger charge is -2.21. The van der Waals surface area contributed by atoms with Crippen LogP contribution in [0.4, 0.5) is 4.39 Å². The monoisotopic (exact) mass is 238 g/mol. The molecule has 0 bridgehead atoms. The van der Waals surface area contributed by atoms with Crippen LogP contribution >= 0.6 is 0 Å². The highest BCUT2D eigenvalue weighted by Gasteiger charge is 2.21. The molecule has 0 radical (unpaired) electrons. The van der Waals surface area contributed by atoms with Crippen LogP contribution in [0, 0.1) is 5.82 Å². The maximum atomic E-state index is 13.5. The van der Waals surface area contributed by atoms with E-state index in [0.29, 0.717) is 12.1 Å². The fourth-order valence-corrected chi connectivity index (χ4v) is 1.68. The quantitative estimate of drug-likeness (QED) is 0.845. The molecule has 94 valence electrons. The predicted octanol–water partition coefficient (Wildman–Crippen LogP) is 1.61. The molecule has 1 amide bonds.